The van der Waals surface area contributed by atoms with Gasteiger partial charge in [-0.2, -0.15) is 13.2 Å². The smallest absolute Gasteiger partial charge is 0.417 e. The van der Waals surface area contributed by atoms with E-state index in [0.717, 1.165) is 6.07 Å². The van der Waals surface area contributed by atoms with Crippen LogP contribution in [-0.4, -0.2) is 10.8 Å². The fourth-order valence-electron chi connectivity index (χ4n) is 2.45. The predicted molar refractivity (Wildman–Crippen MR) is 83.3 cm³/mol. The van der Waals surface area contributed by atoms with E-state index in [2.05, 4.69) is 20.9 Å². The van der Waals surface area contributed by atoms with Crippen molar-refractivity contribution in [2.75, 3.05) is 0 Å². The van der Waals surface area contributed by atoms with Crippen molar-refractivity contribution >= 4 is 27.3 Å². The maximum atomic E-state index is 13.0. The lowest BCUT2D eigenvalue weighted by Gasteiger charge is -2.13. The van der Waals surface area contributed by atoms with Crippen molar-refractivity contribution in [3.63, 3.8) is 0 Å². The van der Waals surface area contributed by atoms with Gasteiger partial charge in [-0.25, -0.2) is 0 Å². The van der Waals surface area contributed by atoms with Gasteiger partial charge < -0.3 is 10.5 Å². The first-order valence-electron chi connectivity index (χ1n) is 6.77. The molecule has 24 heavy (non-hydrogen) atoms. The topological polar surface area (TPSA) is 65.2 Å². The number of ketones is 1. The minimum atomic E-state index is -4.56. The molecule has 1 unspecified atom stereocenters. The van der Waals surface area contributed by atoms with Gasteiger partial charge in [0, 0.05) is 28.0 Å². The van der Waals surface area contributed by atoms with Crippen molar-refractivity contribution in [3.8, 4) is 0 Å². The minimum absolute atomic E-state index is 0.0405. The lowest BCUT2D eigenvalue weighted by Crippen LogP contribution is -2.11. The van der Waals surface area contributed by atoms with Crippen molar-refractivity contribution in [2.24, 2.45) is 5.73 Å². The van der Waals surface area contributed by atoms with E-state index in [1.807, 2.05) is 0 Å². The largest absolute Gasteiger partial charge is 0.462 e. The van der Waals surface area contributed by atoms with Crippen LogP contribution in [0.15, 0.2) is 53.1 Å². The van der Waals surface area contributed by atoms with Crippen molar-refractivity contribution in [3.05, 3.63) is 69.8 Å². The third kappa shape index (κ3) is 2.77. The standard InChI is InChI=1S/C16H10BrF3N2O2/c17-12-9(4-1-5-10(12)16(18,19)20)11-13(23)14(24-15(11)21)8-3-2-6-22-7-8/h1-7,14H,21H2. The van der Waals surface area contributed by atoms with Crippen molar-refractivity contribution in [1.29, 1.82) is 0 Å². The van der Waals surface area contributed by atoms with Crippen LogP contribution in [0.4, 0.5) is 13.2 Å². The van der Waals surface area contributed by atoms with Crippen LogP contribution in [0.25, 0.3) is 5.57 Å². The Hall–Kier alpha value is -2.35. The van der Waals surface area contributed by atoms with Gasteiger partial charge in [0.05, 0.1) is 11.1 Å². The molecule has 0 bridgehead atoms. The first-order chi connectivity index (χ1) is 11.3. The number of rotatable bonds is 2. The second kappa shape index (κ2) is 5.94. The quantitative estimate of drug-likeness (QED) is 0.834. The summed E-state index contributed by atoms with van der Waals surface area (Å²) in [4.78, 5) is 16.5. The molecular weight excluding hydrogens is 389 g/mol. The number of Topliss-reactive ketones (excluding diaryl/α,β-unsaturated/α-hetero) is 1. The summed E-state index contributed by atoms with van der Waals surface area (Å²) in [6.07, 6.45) is -2.60. The van der Waals surface area contributed by atoms with Gasteiger partial charge in [-0.3, -0.25) is 9.78 Å². The normalized spacial score (nSPS) is 18.0. The van der Waals surface area contributed by atoms with Gasteiger partial charge in [-0.1, -0.05) is 18.2 Å². The highest BCUT2D eigenvalue weighted by Gasteiger charge is 2.39. The zero-order chi connectivity index (χ0) is 17.5. The molecule has 1 aliphatic rings. The van der Waals surface area contributed by atoms with Gasteiger partial charge in [0.2, 0.25) is 5.78 Å². The van der Waals surface area contributed by atoms with E-state index in [1.165, 1.54) is 24.5 Å². The monoisotopic (exact) mass is 398 g/mol. The molecule has 2 aromatic rings. The molecule has 0 saturated heterocycles. The van der Waals surface area contributed by atoms with Crippen LogP contribution >= 0.6 is 15.9 Å². The van der Waals surface area contributed by atoms with E-state index < -0.39 is 23.6 Å². The highest BCUT2D eigenvalue weighted by Crippen LogP contribution is 2.42. The average Bonchev–Trinajstić information content (AvgIpc) is 2.82. The maximum Gasteiger partial charge on any atom is 0.417 e. The van der Waals surface area contributed by atoms with E-state index in [4.69, 9.17) is 10.5 Å². The fourth-order valence-corrected chi connectivity index (χ4v) is 3.14. The number of nitrogens with zero attached hydrogens (tertiary/aromatic N) is 1. The fraction of sp³-hybridized carbons (Fsp3) is 0.125. The van der Waals surface area contributed by atoms with Crippen LogP contribution in [0.2, 0.25) is 0 Å². The molecule has 1 aromatic heterocycles. The molecule has 0 spiro atoms. The second-order valence-electron chi connectivity index (χ2n) is 5.05. The Bertz CT molecular complexity index is 835. The zero-order valence-electron chi connectivity index (χ0n) is 12.0. The molecule has 1 aromatic carbocycles. The highest BCUT2D eigenvalue weighted by molar-refractivity contribution is 9.10. The summed E-state index contributed by atoms with van der Waals surface area (Å²) in [5.41, 5.74) is 5.31. The molecule has 0 aliphatic carbocycles. The Morgan fingerprint density at radius 1 is 1.21 bits per heavy atom. The number of aromatic nitrogens is 1. The molecular formula is C16H10BrF3N2O2. The zero-order valence-corrected chi connectivity index (χ0v) is 13.6. The SMILES string of the molecule is NC1=C(c2cccc(C(F)(F)F)c2Br)C(=O)C(c2cccnc2)O1. The third-order valence-electron chi connectivity index (χ3n) is 3.54. The van der Waals surface area contributed by atoms with Gasteiger partial charge in [0.1, 0.15) is 0 Å². The van der Waals surface area contributed by atoms with Gasteiger partial charge in [-0.05, 0) is 28.1 Å². The Morgan fingerprint density at radius 2 is 1.96 bits per heavy atom. The van der Waals surface area contributed by atoms with Gasteiger partial charge in [0.15, 0.2) is 12.0 Å². The summed E-state index contributed by atoms with van der Waals surface area (Å²) in [6, 6.07) is 6.78. The first kappa shape index (κ1) is 16.5. The number of alkyl halides is 3. The number of pyridine rings is 1. The molecule has 3 rings (SSSR count). The summed E-state index contributed by atoms with van der Waals surface area (Å²) >= 11 is 2.93. The number of ether oxygens (including phenoxy) is 1. The lowest BCUT2D eigenvalue weighted by atomic mass is 9.96. The number of hydrogen-bond donors (Lipinski definition) is 1. The third-order valence-corrected chi connectivity index (χ3v) is 4.39. The Balaban J connectivity index is 2.05. The van der Waals surface area contributed by atoms with Crippen LogP contribution in [0, 0.1) is 0 Å². The minimum Gasteiger partial charge on any atom is -0.462 e. The maximum absolute atomic E-state index is 13.0. The second-order valence-corrected chi connectivity index (χ2v) is 5.85. The Morgan fingerprint density at radius 3 is 2.58 bits per heavy atom. The molecule has 4 nitrogen and oxygen atoms in total. The van der Waals surface area contributed by atoms with Crippen molar-refractivity contribution < 1.29 is 22.7 Å². The molecule has 1 aliphatic heterocycles. The van der Waals surface area contributed by atoms with Gasteiger partial charge in [0.25, 0.3) is 0 Å². The van der Waals surface area contributed by atoms with Gasteiger partial charge in [-0.15, -0.1) is 0 Å². The summed E-state index contributed by atoms with van der Waals surface area (Å²) in [6.45, 7) is 0. The molecule has 8 heteroatoms. The molecule has 2 heterocycles. The predicted octanol–water partition coefficient (Wildman–Crippen LogP) is 3.83. The highest BCUT2D eigenvalue weighted by atomic mass is 79.9. The first-order valence-corrected chi connectivity index (χ1v) is 7.56. The molecule has 124 valence electrons. The molecule has 1 atom stereocenters. The van der Waals surface area contributed by atoms with Gasteiger partial charge >= 0.3 is 6.18 Å². The molecule has 0 fully saturated rings. The molecule has 0 radical (unpaired) electrons. The molecule has 2 N–H and O–H groups in total. The summed E-state index contributed by atoms with van der Waals surface area (Å²) in [5, 5.41) is 0. The van der Waals surface area contributed by atoms with Crippen molar-refractivity contribution in [2.45, 2.75) is 12.3 Å². The molecule has 0 amide bonds. The van der Waals surface area contributed by atoms with Crippen LogP contribution < -0.4 is 5.73 Å². The van der Waals surface area contributed by atoms with Crippen LogP contribution in [0.5, 0.6) is 0 Å². The lowest BCUT2D eigenvalue weighted by molar-refractivity contribution is -0.138. The van der Waals surface area contributed by atoms with E-state index >= 15 is 0 Å². The summed E-state index contributed by atoms with van der Waals surface area (Å²) in [7, 11) is 0. The number of halogens is 4. The Labute approximate surface area is 143 Å². The Kier molecular flexibility index (Phi) is 4.08. The van der Waals surface area contributed by atoms with Crippen LogP contribution in [0.3, 0.4) is 0 Å². The summed E-state index contributed by atoms with van der Waals surface area (Å²) in [5.74, 6) is -0.727. The van der Waals surface area contributed by atoms with Crippen LogP contribution in [-0.2, 0) is 15.7 Å². The van der Waals surface area contributed by atoms with E-state index in [-0.39, 0.29) is 21.5 Å². The van der Waals surface area contributed by atoms with E-state index in [1.54, 1.807) is 12.1 Å². The summed E-state index contributed by atoms with van der Waals surface area (Å²) < 4.78 is 44.3. The number of hydrogen-bond acceptors (Lipinski definition) is 4. The van der Waals surface area contributed by atoms with Crippen LogP contribution in [0.1, 0.15) is 22.8 Å². The number of carbonyl (C=O) groups is 1. The number of benzene rings is 1. The van der Waals surface area contributed by atoms with E-state index in [0.29, 0.717) is 5.56 Å². The molecule has 0 saturated carbocycles. The van der Waals surface area contributed by atoms with Crippen molar-refractivity contribution in [1.82, 2.24) is 4.98 Å². The van der Waals surface area contributed by atoms with E-state index in [9.17, 15) is 18.0 Å². The number of nitrogens with two attached hydrogens (primary N) is 1. The number of carbonyl (C=O) groups excluding carboxylic acids is 1. The average molecular weight is 399 g/mol.